The van der Waals surface area contributed by atoms with Gasteiger partial charge in [-0.25, -0.2) is 19.2 Å². The lowest BCUT2D eigenvalue weighted by Crippen LogP contribution is -2.61. The second-order valence-electron chi connectivity index (χ2n) is 11.7. The first-order chi connectivity index (χ1) is 18.7. The van der Waals surface area contributed by atoms with Crippen LogP contribution in [0.25, 0.3) is 22.4 Å². The molecular weight excluding hydrogens is 535 g/mol. The van der Waals surface area contributed by atoms with Crippen molar-refractivity contribution in [3.05, 3.63) is 76.4 Å². The van der Waals surface area contributed by atoms with Gasteiger partial charge in [-0.3, -0.25) is 4.79 Å². The number of carboxylic acids is 1. The summed E-state index contributed by atoms with van der Waals surface area (Å²) in [6.45, 7) is 11.5. The van der Waals surface area contributed by atoms with Crippen LogP contribution >= 0.6 is 11.6 Å². The van der Waals surface area contributed by atoms with Crippen molar-refractivity contribution in [2.75, 3.05) is 24.5 Å². The lowest BCUT2D eigenvalue weighted by molar-refractivity contribution is 0.0483. The quantitative estimate of drug-likeness (QED) is 0.305. The van der Waals surface area contributed by atoms with Gasteiger partial charge in [0.15, 0.2) is 11.3 Å². The predicted molar refractivity (Wildman–Crippen MR) is 152 cm³/mol. The van der Waals surface area contributed by atoms with Gasteiger partial charge in [0.1, 0.15) is 17.2 Å². The molecule has 1 aliphatic rings. The molecule has 0 saturated carbocycles. The van der Waals surface area contributed by atoms with Gasteiger partial charge in [0.05, 0.1) is 21.8 Å². The van der Waals surface area contributed by atoms with Crippen molar-refractivity contribution >= 4 is 40.4 Å². The molecular formula is C30H30ClFN4O4. The summed E-state index contributed by atoms with van der Waals surface area (Å²) in [6.07, 6.45) is 1.34. The SMILES string of the molecule is CC(C)(C)c1cc(-c2ccc(Cl)c(F)c2)nc2cc(C(=O)N3CCN(c4ccc(C(=O)O)cn4)CC3(C)C)oc12. The predicted octanol–water partition coefficient (Wildman–Crippen LogP) is 6.42. The summed E-state index contributed by atoms with van der Waals surface area (Å²) in [5.74, 6) is -0.985. The number of fused-ring (bicyclic) bond motifs is 1. The maximum atomic E-state index is 14.2. The molecule has 1 aliphatic heterocycles. The maximum absolute atomic E-state index is 14.2. The Kier molecular flexibility index (Phi) is 6.82. The molecule has 1 N–H and O–H groups in total. The highest BCUT2D eigenvalue weighted by molar-refractivity contribution is 6.30. The summed E-state index contributed by atoms with van der Waals surface area (Å²) in [6, 6.07) is 11.3. The molecule has 10 heteroatoms. The number of benzene rings is 1. The number of carboxylic acid groups (broad SMARTS) is 1. The van der Waals surface area contributed by atoms with Crippen molar-refractivity contribution < 1.29 is 23.5 Å². The van der Waals surface area contributed by atoms with Crippen LogP contribution in [-0.4, -0.2) is 57.0 Å². The molecule has 8 nitrogen and oxygen atoms in total. The number of hydrogen-bond acceptors (Lipinski definition) is 6. The van der Waals surface area contributed by atoms with Gasteiger partial charge < -0.3 is 19.3 Å². The lowest BCUT2D eigenvalue weighted by Gasteiger charge is -2.47. The topological polar surface area (TPSA) is 99.8 Å². The first kappa shape index (κ1) is 27.6. The highest BCUT2D eigenvalue weighted by Crippen LogP contribution is 2.36. The van der Waals surface area contributed by atoms with Crippen LogP contribution in [0.5, 0.6) is 0 Å². The molecule has 1 aromatic carbocycles. The van der Waals surface area contributed by atoms with Crippen molar-refractivity contribution in [1.29, 1.82) is 0 Å². The Morgan fingerprint density at radius 2 is 1.85 bits per heavy atom. The Morgan fingerprint density at radius 1 is 1.10 bits per heavy atom. The number of pyridine rings is 2. The molecule has 0 aliphatic carbocycles. The summed E-state index contributed by atoms with van der Waals surface area (Å²) in [5, 5.41) is 9.19. The summed E-state index contributed by atoms with van der Waals surface area (Å²) in [5.41, 5.74) is 2.22. The number of aromatic nitrogens is 2. The van der Waals surface area contributed by atoms with E-state index in [1.54, 1.807) is 23.1 Å². The number of piperazine rings is 1. The number of rotatable bonds is 4. The summed E-state index contributed by atoms with van der Waals surface area (Å²) < 4.78 is 20.4. The number of halogens is 2. The summed E-state index contributed by atoms with van der Waals surface area (Å²) in [7, 11) is 0. The lowest BCUT2D eigenvalue weighted by atomic mass is 9.86. The van der Waals surface area contributed by atoms with Crippen LogP contribution in [0.2, 0.25) is 5.02 Å². The van der Waals surface area contributed by atoms with E-state index < -0.39 is 17.3 Å². The van der Waals surface area contributed by atoms with Gasteiger partial charge in [-0.2, -0.15) is 0 Å². The van der Waals surface area contributed by atoms with Gasteiger partial charge in [0.25, 0.3) is 5.91 Å². The van der Waals surface area contributed by atoms with Crippen LogP contribution in [0.4, 0.5) is 10.2 Å². The van der Waals surface area contributed by atoms with Gasteiger partial charge in [-0.15, -0.1) is 0 Å². The van der Waals surface area contributed by atoms with Gasteiger partial charge >= 0.3 is 5.97 Å². The molecule has 0 unspecified atom stereocenters. The minimum absolute atomic E-state index is 0.0350. The molecule has 0 bridgehead atoms. The molecule has 5 rings (SSSR count). The molecule has 0 spiro atoms. The summed E-state index contributed by atoms with van der Waals surface area (Å²) in [4.78, 5) is 37.8. The zero-order valence-corrected chi connectivity index (χ0v) is 23.7. The fourth-order valence-electron chi connectivity index (χ4n) is 5.05. The third-order valence-corrected chi connectivity index (χ3v) is 7.49. The molecule has 1 fully saturated rings. The van der Waals surface area contributed by atoms with E-state index in [4.69, 9.17) is 26.1 Å². The monoisotopic (exact) mass is 564 g/mol. The smallest absolute Gasteiger partial charge is 0.337 e. The number of furan rings is 1. The Balaban J connectivity index is 1.46. The van der Waals surface area contributed by atoms with Crippen molar-refractivity contribution in [1.82, 2.24) is 14.9 Å². The largest absolute Gasteiger partial charge is 0.478 e. The number of anilines is 1. The maximum Gasteiger partial charge on any atom is 0.337 e. The van der Waals surface area contributed by atoms with Gasteiger partial charge in [0, 0.05) is 43.0 Å². The average molecular weight is 565 g/mol. The molecule has 4 aromatic rings. The van der Waals surface area contributed by atoms with Crippen LogP contribution < -0.4 is 4.90 Å². The van der Waals surface area contributed by atoms with E-state index in [0.29, 0.717) is 47.8 Å². The van der Waals surface area contributed by atoms with E-state index in [9.17, 15) is 14.0 Å². The van der Waals surface area contributed by atoms with E-state index in [2.05, 4.69) is 4.98 Å². The number of carbonyl (C=O) groups excluding carboxylic acids is 1. The average Bonchev–Trinajstić information content (AvgIpc) is 3.32. The third-order valence-electron chi connectivity index (χ3n) is 7.18. The summed E-state index contributed by atoms with van der Waals surface area (Å²) >= 11 is 5.88. The van der Waals surface area contributed by atoms with Crippen molar-refractivity contribution in [2.45, 2.75) is 45.6 Å². The molecule has 3 aromatic heterocycles. The van der Waals surface area contributed by atoms with Crippen molar-refractivity contribution in [2.24, 2.45) is 0 Å². The van der Waals surface area contributed by atoms with Gasteiger partial charge in [0.2, 0.25) is 0 Å². The zero-order chi connectivity index (χ0) is 29.0. The second-order valence-corrected chi connectivity index (χ2v) is 12.1. The van der Waals surface area contributed by atoms with Crippen LogP contribution in [0.3, 0.4) is 0 Å². The minimum Gasteiger partial charge on any atom is -0.478 e. The molecule has 0 radical (unpaired) electrons. The molecule has 0 atom stereocenters. The normalized spacial score (nSPS) is 15.5. The molecule has 1 amide bonds. The van der Waals surface area contributed by atoms with Crippen molar-refractivity contribution in [3.63, 3.8) is 0 Å². The van der Waals surface area contributed by atoms with E-state index in [1.807, 2.05) is 45.6 Å². The van der Waals surface area contributed by atoms with E-state index in [-0.39, 0.29) is 27.7 Å². The molecule has 4 heterocycles. The van der Waals surface area contributed by atoms with E-state index >= 15 is 0 Å². The molecule has 40 heavy (non-hydrogen) atoms. The first-order valence-corrected chi connectivity index (χ1v) is 13.3. The Labute approximate surface area is 236 Å². The number of carbonyl (C=O) groups is 2. The zero-order valence-electron chi connectivity index (χ0n) is 23.0. The Morgan fingerprint density at radius 3 is 2.45 bits per heavy atom. The highest BCUT2D eigenvalue weighted by Gasteiger charge is 2.39. The molecule has 1 saturated heterocycles. The van der Waals surface area contributed by atoms with Crippen molar-refractivity contribution in [3.8, 4) is 11.3 Å². The van der Waals surface area contributed by atoms with Crippen LogP contribution in [0.1, 0.15) is 61.1 Å². The second kappa shape index (κ2) is 9.89. The number of nitrogens with zero attached hydrogens (tertiary/aromatic N) is 4. The number of hydrogen-bond donors (Lipinski definition) is 1. The van der Waals surface area contributed by atoms with E-state index in [1.165, 1.54) is 24.4 Å². The Hall–Kier alpha value is -3.98. The van der Waals surface area contributed by atoms with Gasteiger partial charge in [-0.05, 0) is 49.6 Å². The van der Waals surface area contributed by atoms with Crippen LogP contribution in [0, 0.1) is 5.82 Å². The standard InChI is InChI=1S/C30H30ClFN4O4/c1-29(2,3)19-13-22(17-6-8-20(31)21(32)12-17)34-23-14-24(40-26(19)23)27(37)36-11-10-35(16-30(36,4)5)25-9-7-18(15-33-25)28(38)39/h6-9,12-15H,10-11,16H2,1-5H3,(H,38,39). The Bertz CT molecular complexity index is 1630. The fourth-order valence-corrected chi connectivity index (χ4v) is 5.16. The number of aromatic carboxylic acids is 1. The number of amides is 1. The van der Waals surface area contributed by atoms with Gasteiger partial charge in [-0.1, -0.05) is 38.4 Å². The van der Waals surface area contributed by atoms with E-state index in [0.717, 1.165) is 5.56 Å². The highest BCUT2D eigenvalue weighted by atomic mass is 35.5. The first-order valence-electron chi connectivity index (χ1n) is 12.9. The fraction of sp³-hybridized carbons (Fsp3) is 0.333. The third kappa shape index (κ3) is 5.13. The molecule has 208 valence electrons. The van der Waals surface area contributed by atoms with Crippen LogP contribution in [0.15, 0.2) is 53.1 Å². The minimum atomic E-state index is -1.03. The van der Waals surface area contributed by atoms with Crippen LogP contribution in [-0.2, 0) is 5.41 Å².